The SMILES string of the molecule is COP(=O)(OC)C(O)c1cccc([N+](=O)[O-])c1.COP(=O)(OC)C(OC1CCCCO1)c1cccc([N+](=O)[O-])c1. The van der Waals surface area contributed by atoms with E-state index in [1.54, 1.807) is 6.07 Å². The van der Waals surface area contributed by atoms with E-state index in [0.717, 1.165) is 33.1 Å². The second-order valence-corrected chi connectivity index (χ2v) is 12.8. The number of rotatable bonds is 12. The first-order chi connectivity index (χ1) is 18.9. The van der Waals surface area contributed by atoms with Gasteiger partial charge in [-0.15, -0.1) is 0 Å². The topological polar surface area (TPSA) is 196 Å². The predicted molar refractivity (Wildman–Crippen MR) is 142 cm³/mol. The quantitative estimate of drug-likeness (QED) is 0.176. The third-order valence-electron chi connectivity index (χ3n) is 5.77. The van der Waals surface area contributed by atoms with Crippen LogP contribution in [-0.4, -0.2) is 56.3 Å². The van der Waals surface area contributed by atoms with Crippen LogP contribution in [0.5, 0.6) is 0 Å². The highest BCUT2D eigenvalue weighted by Crippen LogP contribution is 2.61. The number of aliphatic hydroxyl groups is 1. The molecule has 0 radical (unpaired) electrons. The number of non-ortho nitro benzene ring substituents is 2. The van der Waals surface area contributed by atoms with Crippen LogP contribution in [0.1, 0.15) is 42.1 Å². The average Bonchev–Trinajstić information content (AvgIpc) is 2.99. The predicted octanol–water partition coefficient (Wildman–Crippen LogP) is 5.69. The third kappa shape index (κ3) is 8.71. The highest BCUT2D eigenvalue weighted by atomic mass is 31.2. The Morgan fingerprint density at radius 3 is 1.80 bits per heavy atom. The molecule has 3 rings (SSSR count). The Morgan fingerprint density at radius 2 is 1.35 bits per heavy atom. The molecule has 0 aliphatic carbocycles. The molecule has 2 aromatic rings. The van der Waals surface area contributed by atoms with Crippen molar-refractivity contribution in [3.05, 3.63) is 79.9 Å². The molecule has 0 bridgehead atoms. The summed E-state index contributed by atoms with van der Waals surface area (Å²) in [6.45, 7) is 0.552. The maximum atomic E-state index is 12.8. The lowest BCUT2D eigenvalue weighted by Crippen LogP contribution is -2.25. The van der Waals surface area contributed by atoms with Gasteiger partial charge in [0.15, 0.2) is 18.0 Å². The maximum Gasteiger partial charge on any atom is 0.363 e. The number of nitro groups is 2. The first-order valence-corrected chi connectivity index (χ1v) is 15.0. The van der Waals surface area contributed by atoms with E-state index < -0.39 is 43.0 Å². The van der Waals surface area contributed by atoms with E-state index in [-0.39, 0.29) is 16.9 Å². The normalized spacial score (nSPS) is 17.3. The van der Waals surface area contributed by atoms with Gasteiger partial charge in [0.2, 0.25) is 0 Å². The van der Waals surface area contributed by atoms with Gasteiger partial charge in [-0.25, -0.2) is 0 Å². The molecule has 0 aromatic heterocycles. The highest BCUT2D eigenvalue weighted by Gasteiger charge is 2.39. The van der Waals surface area contributed by atoms with Gasteiger partial charge in [-0.2, -0.15) is 0 Å². The summed E-state index contributed by atoms with van der Waals surface area (Å²) < 4.78 is 55.3. The van der Waals surface area contributed by atoms with Crippen molar-refractivity contribution < 1.29 is 51.7 Å². The van der Waals surface area contributed by atoms with Crippen molar-refractivity contribution in [2.75, 3.05) is 35.0 Å². The van der Waals surface area contributed by atoms with E-state index in [4.69, 9.17) is 18.5 Å². The molecule has 3 atom stereocenters. The van der Waals surface area contributed by atoms with Gasteiger partial charge in [-0.05, 0) is 30.4 Å². The molecular weight excluding hydrogens is 574 g/mol. The zero-order valence-electron chi connectivity index (χ0n) is 22.3. The van der Waals surface area contributed by atoms with Crippen LogP contribution in [0.4, 0.5) is 11.4 Å². The van der Waals surface area contributed by atoms with E-state index in [1.807, 2.05) is 0 Å². The largest absolute Gasteiger partial charge is 0.376 e. The fraction of sp³-hybridized carbons (Fsp3) is 0.478. The first-order valence-electron chi connectivity index (χ1n) is 11.8. The van der Waals surface area contributed by atoms with Crippen molar-refractivity contribution in [2.45, 2.75) is 37.2 Å². The number of benzene rings is 2. The van der Waals surface area contributed by atoms with Crippen molar-refractivity contribution in [2.24, 2.45) is 0 Å². The molecule has 1 saturated heterocycles. The van der Waals surface area contributed by atoms with Gasteiger partial charge in [0, 0.05) is 59.3 Å². The molecule has 0 spiro atoms. The molecule has 1 aliphatic heterocycles. The molecule has 0 saturated carbocycles. The molecule has 15 nitrogen and oxygen atoms in total. The first kappa shape index (κ1) is 33.6. The van der Waals surface area contributed by atoms with Gasteiger partial charge in [0.05, 0.1) is 9.85 Å². The summed E-state index contributed by atoms with van der Waals surface area (Å²) >= 11 is 0. The highest BCUT2D eigenvalue weighted by molar-refractivity contribution is 7.54. The smallest absolute Gasteiger partial charge is 0.363 e. The second kappa shape index (κ2) is 15.4. The molecule has 1 heterocycles. The standard InChI is InChI=1S/C14H20NO7P.C9H12NO6P/c1-19-23(18,20-2)14(22-13-8-3-4-9-21-13)11-6-5-7-12(10-11)15(16)17;1-15-17(14,16-2)9(11)7-4-3-5-8(6-7)10(12)13/h5-7,10,13-14H,3-4,8-9H2,1-2H3;3-6,9,11H,1-2H3. The summed E-state index contributed by atoms with van der Waals surface area (Å²) in [5.41, 5.74) is 0.117. The fourth-order valence-electron chi connectivity index (χ4n) is 3.61. The number of nitro benzene ring substituents is 2. The molecular formula is C23H32N2O13P2. The number of hydrogen-bond acceptors (Lipinski definition) is 13. The summed E-state index contributed by atoms with van der Waals surface area (Å²) in [5, 5.41) is 31.3. The van der Waals surface area contributed by atoms with Crippen molar-refractivity contribution in [1.82, 2.24) is 0 Å². The molecule has 1 N–H and O–H groups in total. The molecule has 1 fully saturated rings. The summed E-state index contributed by atoms with van der Waals surface area (Å²) in [5.74, 6) is -2.65. The van der Waals surface area contributed by atoms with Crippen molar-refractivity contribution in [1.29, 1.82) is 0 Å². The number of hydrogen-bond donors (Lipinski definition) is 1. The zero-order valence-corrected chi connectivity index (χ0v) is 24.1. The minimum absolute atomic E-state index is 0.103. The second-order valence-electron chi connectivity index (χ2n) is 8.17. The van der Waals surface area contributed by atoms with E-state index in [2.05, 4.69) is 9.05 Å². The van der Waals surface area contributed by atoms with Crippen LogP contribution >= 0.6 is 15.2 Å². The lowest BCUT2D eigenvalue weighted by atomic mass is 10.2. The van der Waals surface area contributed by atoms with Gasteiger partial charge < -0.3 is 32.7 Å². The van der Waals surface area contributed by atoms with Crippen LogP contribution in [0.2, 0.25) is 0 Å². The molecule has 40 heavy (non-hydrogen) atoms. The molecule has 2 aromatic carbocycles. The van der Waals surface area contributed by atoms with Crippen LogP contribution in [0.3, 0.4) is 0 Å². The maximum absolute atomic E-state index is 12.8. The van der Waals surface area contributed by atoms with Gasteiger partial charge in [-0.3, -0.25) is 29.4 Å². The van der Waals surface area contributed by atoms with Crippen LogP contribution in [0.15, 0.2) is 48.5 Å². The van der Waals surface area contributed by atoms with Gasteiger partial charge in [0.1, 0.15) is 0 Å². The van der Waals surface area contributed by atoms with Crippen molar-refractivity contribution in [3.8, 4) is 0 Å². The van der Waals surface area contributed by atoms with E-state index in [1.165, 1.54) is 50.6 Å². The van der Waals surface area contributed by atoms with Gasteiger partial charge in [-0.1, -0.05) is 24.3 Å². The Hall–Kier alpha value is -2.58. The fourth-order valence-corrected chi connectivity index (χ4v) is 6.03. The van der Waals surface area contributed by atoms with E-state index in [0.29, 0.717) is 18.6 Å². The molecule has 17 heteroatoms. The van der Waals surface area contributed by atoms with Crippen LogP contribution in [0.25, 0.3) is 0 Å². The van der Waals surface area contributed by atoms with Crippen molar-refractivity contribution >= 4 is 26.6 Å². The summed E-state index contributed by atoms with van der Waals surface area (Å²) in [7, 11) is -2.61. The number of nitrogens with zero attached hydrogens (tertiary/aromatic N) is 2. The molecule has 0 amide bonds. The van der Waals surface area contributed by atoms with E-state index in [9.17, 15) is 34.5 Å². The lowest BCUT2D eigenvalue weighted by molar-refractivity contribution is -0.385. The summed E-state index contributed by atoms with van der Waals surface area (Å²) in [6, 6.07) is 10.9. The Kier molecular flexibility index (Phi) is 13.0. The summed E-state index contributed by atoms with van der Waals surface area (Å²) in [4.78, 5) is 20.4. The molecule has 3 unspecified atom stereocenters. The lowest BCUT2D eigenvalue weighted by Gasteiger charge is -2.30. The Balaban J connectivity index is 0.000000294. The zero-order chi connectivity index (χ0) is 29.9. The van der Waals surface area contributed by atoms with Gasteiger partial charge in [0.25, 0.3) is 11.4 Å². The van der Waals surface area contributed by atoms with Crippen LogP contribution in [0, 0.1) is 20.2 Å². The van der Waals surface area contributed by atoms with Crippen LogP contribution < -0.4 is 0 Å². The van der Waals surface area contributed by atoms with Crippen LogP contribution in [-0.2, 0) is 36.7 Å². The molecule has 1 aliphatic rings. The minimum atomic E-state index is -3.71. The number of ether oxygens (including phenoxy) is 2. The summed E-state index contributed by atoms with van der Waals surface area (Å²) in [6.07, 6.45) is 1.97. The monoisotopic (exact) mass is 606 g/mol. The average molecular weight is 606 g/mol. The Bertz CT molecular complexity index is 1220. The molecule has 222 valence electrons. The van der Waals surface area contributed by atoms with Crippen molar-refractivity contribution in [3.63, 3.8) is 0 Å². The third-order valence-corrected chi connectivity index (χ3v) is 9.70. The Labute approximate surface area is 230 Å². The Morgan fingerprint density at radius 1 is 0.850 bits per heavy atom. The number of aliphatic hydroxyl groups excluding tert-OH is 1. The minimum Gasteiger partial charge on any atom is -0.376 e. The van der Waals surface area contributed by atoms with E-state index >= 15 is 0 Å². The van der Waals surface area contributed by atoms with Gasteiger partial charge >= 0.3 is 15.2 Å².